The molecule has 0 bridgehead atoms. The topological polar surface area (TPSA) is 22.7 Å². The number of anilines is 2. The predicted molar refractivity (Wildman–Crippen MR) is 109 cm³/mol. The van der Waals surface area contributed by atoms with Crippen LogP contribution in [-0.4, -0.2) is 26.9 Å². The summed E-state index contributed by atoms with van der Waals surface area (Å²) >= 11 is 0. The second kappa shape index (κ2) is 6.79. The lowest BCUT2D eigenvalue weighted by Gasteiger charge is -2.28. The minimum atomic E-state index is 1.08. The molecule has 4 rings (SSSR count). The summed E-state index contributed by atoms with van der Waals surface area (Å²) in [5.41, 5.74) is 6.16. The van der Waals surface area contributed by atoms with Crippen molar-refractivity contribution >= 4 is 28.5 Å². The number of aromatic nitrogens is 1. The molecule has 1 aliphatic rings. The second-order valence-electron chi connectivity index (χ2n) is 6.98. The molecule has 0 N–H and O–H groups in total. The third-order valence-corrected chi connectivity index (χ3v) is 5.27. The first kappa shape index (κ1) is 16.6. The van der Waals surface area contributed by atoms with E-state index >= 15 is 0 Å². The molecule has 0 saturated heterocycles. The standard InChI is InChI=1S/C22H25N4/c1-24-14-6-8-18-15-19(12-13-21(18)24)26(3)23-16-20-11-10-17-7-4-5-9-22(17)25(20)2/h4-5,7,9-13,15-16H,6,8,14H2,1-3H3/q+1. The minimum Gasteiger partial charge on any atom is -0.374 e. The summed E-state index contributed by atoms with van der Waals surface area (Å²) in [6, 6.07) is 19.3. The van der Waals surface area contributed by atoms with E-state index in [1.165, 1.54) is 28.6 Å². The Morgan fingerprint density at radius 1 is 1.12 bits per heavy atom. The number of pyridine rings is 1. The van der Waals surface area contributed by atoms with Gasteiger partial charge in [-0.25, -0.2) is 0 Å². The molecule has 1 aliphatic heterocycles. The molecule has 0 spiro atoms. The van der Waals surface area contributed by atoms with Gasteiger partial charge in [-0.05, 0) is 48.7 Å². The van der Waals surface area contributed by atoms with Crippen LogP contribution in [0.4, 0.5) is 11.4 Å². The summed E-state index contributed by atoms with van der Waals surface area (Å²) in [6.45, 7) is 1.14. The molecular formula is C22H25N4+. The number of benzene rings is 2. The van der Waals surface area contributed by atoms with Crippen LogP contribution < -0.4 is 14.5 Å². The summed E-state index contributed by atoms with van der Waals surface area (Å²) in [6.07, 6.45) is 4.29. The van der Waals surface area contributed by atoms with Crippen molar-refractivity contribution < 1.29 is 4.57 Å². The maximum Gasteiger partial charge on any atom is 0.225 e. The van der Waals surface area contributed by atoms with E-state index in [1.54, 1.807) is 0 Å². The maximum atomic E-state index is 4.67. The van der Waals surface area contributed by atoms with E-state index in [4.69, 9.17) is 0 Å². The van der Waals surface area contributed by atoms with Crippen LogP contribution in [-0.2, 0) is 13.5 Å². The van der Waals surface area contributed by atoms with Crippen LogP contribution in [0.25, 0.3) is 10.9 Å². The number of hydrogen-bond acceptors (Lipinski definition) is 3. The van der Waals surface area contributed by atoms with Crippen LogP contribution >= 0.6 is 0 Å². The molecule has 1 aromatic heterocycles. The molecule has 0 fully saturated rings. The molecule has 0 radical (unpaired) electrons. The van der Waals surface area contributed by atoms with Crippen molar-refractivity contribution in [3.05, 3.63) is 65.9 Å². The lowest BCUT2D eigenvalue weighted by molar-refractivity contribution is -0.645. The second-order valence-corrected chi connectivity index (χ2v) is 6.98. The highest BCUT2D eigenvalue weighted by Gasteiger charge is 2.15. The lowest BCUT2D eigenvalue weighted by Crippen LogP contribution is -2.34. The Morgan fingerprint density at radius 3 is 2.85 bits per heavy atom. The molecule has 2 aromatic carbocycles. The van der Waals surface area contributed by atoms with Crippen molar-refractivity contribution in [2.45, 2.75) is 12.8 Å². The average Bonchev–Trinajstić information content (AvgIpc) is 2.67. The van der Waals surface area contributed by atoms with Crippen LogP contribution in [0, 0.1) is 0 Å². The molecule has 0 atom stereocenters. The SMILES string of the molecule is CN1CCCc2cc(N(C)/N=C/c3ccc4ccccc4[n+]3C)ccc21. The fourth-order valence-electron chi connectivity index (χ4n) is 3.67. The summed E-state index contributed by atoms with van der Waals surface area (Å²) in [4.78, 5) is 2.33. The van der Waals surface area contributed by atoms with E-state index in [0.717, 1.165) is 24.3 Å². The number of rotatable bonds is 3. The van der Waals surface area contributed by atoms with Crippen LogP contribution in [0.2, 0.25) is 0 Å². The average molecular weight is 345 g/mol. The van der Waals surface area contributed by atoms with Crippen molar-refractivity contribution in [2.75, 3.05) is 30.5 Å². The highest BCUT2D eigenvalue weighted by Crippen LogP contribution is 2.29. The van der Waals surface area contributed by atoms with Crippen molar-refractivity contribution in [3.8, 4) is 0 Å². The number of hydrazone groups is 1. The van der Waals surface area contributed by atoms with Gasteiger partial charge in [0.25, 0.3) is 0 Å². The highest BCUT2D eigenvalue weighted by molar-refractivity contribution is 5.81. The van der Waals surface area contributed by atoms with Crippen LogP contribution in [0.15, 0.2) is 59.7 Å². The van der Waals surface area contributed by atoms with Crippen molar-refractivity contribution in [1.82, 2.24) is 0 Å². The van der Waals surface area contributed by atoms with Crippen molar-refractivity contribution in [2.24, 2.45) is 12.1 Å². The summed E-state index contributed by atoms with van der Waals surface area (Å²) in [5.74, 6) is 0. The Kier molecular flexibility index (Phi) is 4.33. The van der Waals surface area contributed by atoms with Crippen molar-refractivity contribution in [1.29, 1.82) is 0 Å². The summed E-state index contributed by atoms with van der Waals surface area (Å²) in [7, 11) is 6.25. The van der Waals surface area contributed by atoms with Gasteiger partial charge < -0.3 is 4.90 Å². The summed E-state index contributed by atoms with van der Waals surface area (Å²) < 4.78 is 2.18. The third kappa shape index (κ3) is 3.03. The van der Waals surface area contributed by atoms with Gasteiger partial charge in [0, 0.05) is 43.8 Å². The van der Waals surface area contributed by atoms with Gasteiger partial charge in [-0.3, -0.25) is 5.01 Å². The molecule has 0 amide bonds. The number of hydrogen-bond donors (Lipinski definition) is 0. The van der Waals surface area contributed by atoms with E-state index in [9.17, 15) is 0 Å². The Hall–Kier alpha value is -2.88. The number of nitrogens with zero attached hydrogens (tertiary/aromatic N) is 4. The third-order valence-electron chi connectivity index (χ3n) is 5.27. The molecule has 26 heavy (non-hydrogen) atoms. The lowest BCUT2D eigenvalue weighted by atomic mass is 10.0. The van der Waals surface area contributed by atoms with Crippen LogP contribution in [0.5, 0.6) is 0 Å². The first-order chi connectivity index (χ1) is 12.6. The molecular weight excluding hydrogens is 320 g/mol. The molecule has 2 heterocycles. The number of aryl methyl sites for hydroxylation is 2. The zero-order chi connectivity index (χ0) is 18.1. The fraction of sp³-hybridized carbons (Fsp3) is 0.273. The molecule has 0 aliphatic carbocycles. The van der Waals surface area contributed by atoms with Gasteiger partial charge in [-0.15, -0.1) is 0 Å². The minimum absolute atomic E-state index is 1.08. The van der Waals surface area contributed by atoms with Crippen molar-refractivity contribution in [3.63, 3.8) is 0 Å². The Labute approximate surface area is 155 Å². The van der Waals surface area contributed by atoms with Gasteiger partial charge in [-0.1, -0.05) is 12.1 Å². The smallest absolute Gasteiger partial charge is 0.225 e. The van der Waals surface area contributed by atoms with Gasteiger partial charge in [0.1, 0.15) is 13.3 Å². The summed E-state index contributed by atoms with van der Waals surface area (Å²) in [5, 5.41) is 7.86. The number of para-hydroxylation sites is 1. The van der Waals surface area contributed by atoms with Gasteiger partial charge in [0.05, 0.1) is 5.69 Å². The van der Waals surface area contributed by atoms with E-state index in [0.29, 0.717) is 0 Å². The zero-order valence-electron chi connectivity index (χ0n) is 15.7. The van der Waals surface area contributed by atoms with E-state index in [1.807, 2.05) is 18.3 Å². The predicted octanol–water partition coefficient (Wildman–Crippen LogP) is 3.52. The fourth-order valence-corrected chi connectivity index (χ4v) is 3.67. The first-order valence-electron chi connectivity index (χ1n) is 9.13. The molecule has 4 heteroatoms. The molecule has 3 aromatic rings. The molecule has 4 nitrogen and oxygen atoms in total. The van der Waals surface area contributed by atoms with Gasteiger partial charge in [0.2, 0.25) is 11.2 Å². The zero-order valence-corrected chi connectivity index (χ0v) is 15.7. The van der Waals surface area contributed by atoms with Gasteiger partial charge >= 0.3 is 0 Å². The normalized spacial score (nSPS) is 14.0. The largest absolute Gasteiger partial charge is 0.374 e. The van der Waals surface area contributed by atoms with E-state index in [2.05, 4.69) is 83.3 Å². The van der Waals surface area contributed by atoms with Crippen LogP contribution in [0.3, 0.4) is 0 Å². The van der Waals surface area contributed by atoms with Gasteiger partial charge in [-0.2, -0.15) is 9.67 Å². The Bertz CT molecular complexity index is 977. The van der Waals surface area contributed by atoms with E-state index < -0.39 is 0 Å². The van der Waals surface area contributed by atoms with Crippen LogP contribution in [0.1, 0.15) is 17.7 Å². The van der Waals surface area contributed by atoms with Gasteiger partial charge in [0.15, 0.2) is 0 Å². The van der Waals surface area contributed by atoms with E-state index in [-0.39, 0.29) is 0 Å². The Morgan fingerprint density at radius 2 is 1.96 bits per heavy atom. The Balaban J connectivity index is 1.60. The quantitative estimate of drug-likeness (QED) is 0.412. The molecule has 0 saturated carbocycles. The highest BCUT2D eigenvalue weighted by atomic mass is 15.4. The maximum absolute atomic E-state index is 4.67. The first-order valence-corrected chi connectivity index (χ1v) is 9.13. The molecule has 132 valence electrons. The number of fused-ring (bicyclic) bond motifs is 2. The monoisotopic (exact) mass is 345 g/mol. The molecule has 0 unspecified atom stereocenters.